The van der Waals surface area contributed by atoms with Crippen LogP contribution >= 0.6 is 0 Å². The molecule has 21 heavy (non-hydrogen) atoms. The minimum atomic E-state index is -0.118. The van der Waals surface area contributed by atoms with Crippen molar-refractivity contribution in [2.24, 2.45) is 5.41 Å². The molecule has 1 aliphatic rings. The van der Waals surface area contributed by atoms with Crippen LogP contribution in [0.15, 0.2) is 22.6 Å². The second kappa shape index (κ2) is 5.44. The Morgan fingerprint density at radius 2 is 1.95 bits per heavy atom. The van der Waals surface area contributed by atoms with Gasteiger partial charge in [-0.15, -0.1) is 0 Å². The normalized spacial score (nSPS) is 18.7. The van der Waals surface area contributed by atoms with Gasteiger partial charge in [0, 0.05) is 11.9 Å². The first-order valence-corrected chi connectivity index (χ1v) is 7.46. The highest BCUT2D eigenvalue weighted by molar-refractivity contribution is 5.79. The van der Waals surface area contributed by atoms with Crippen molar-refractivity contribution in [3.63, 3.8) is 0 Å². The molecular formula is C17H23NO3. The highest BCUT2D eigenvalue weighted by Gasteiger charge is 2.38. The molecular weight excluding hydrogens is 266 g/mol. The number of nitrogens with one attached hydrogen (secondary N) is 1. The van der Waals surface area contributed by atoms with Crippen molar-refractivity contribution < 1.29 is 14.3 Å². The molecule has 2 N–H and O–H groups in total. The van der Waals surface area contributed by atoms with Gasteiger partial charge in [-0.1, -0.05) is 0 Å². The SMILES string of the molecule is Cc1cc2cc(C(C)NCC3(CO)COC3)oc2cc1C. The molecule has 0 bridgehead atoms. The molecule has 0 saturated carbocycles. The Morgan fingerprint density at radius 3 is 2.57 bits per heavy atom. The Hall–Kier alpha value is -1.36. The molecule has 2 heterocycles. The lowest BCUT2D eigenvalue weighted by Crippen LogP contribution is -2.52. The summed E-state index contributed by atoms with van der Waals surface area (Å²) in [6.07, 6.45) is 0. The van der Waals surface area contributed by atoms with E-state index in [1.54, 1.807) is 0 Å². The zero-order valence-electron chi connectivity index (χ0n) is 12.9. The summed E-state index contributed by atoms with van der Waals surface area (Å²) in [5.74, 6) is 0.934. The van der Waals surface area contributed by atoms with Crippen molar-refractivity contribution in [1.82, 2.24) is 5.32 Å². The fourth-order valence-electron chi connectivity index (χ4n) is 2.65. The zero-order valence-corrected chi connectivity index (χ0v) is 12.9. The Labute approximate surface area is 125 Å². The van der Waals surface area contributed by atoms with Crippen LogP contribution in [0, 0.1) is 19.3 Å². The van der Waals surface area contributed by atoms with Gasteiger partial charge in [-0.25, -0.2) is 0 Å². The van der Waals surface area contributed by atoms with Gasteiger partial charge in [0.1, 0.15) is 11.3 Å². The van der Waals surface area contributed by atoms with Gasteiger partial charge in [-0.2, -0.15) is 0 Å². The molecule has 1 unspecified atom stereocenters. The van der Waals surface area contributed by atoms with Crippen LogP contribution in [0.2, 0.25) is 0 Å². The first-order valence-electron chi connectivity index (χ1n) is 7.46. The lowest BCUT2D eigenvalue weighted by Gasteiger charge is -2.40. The van der Waals surface area contributed by atoms with Crippen LogP contribution in [0.3, 0.4) is 0 Å². The van der Waals surface area contributed by atoms with Gasteiger partial charge >= 0.3 is 0 Å². The molecule has 1 fully saturated rings. The lowest BCUT2D eigenvalue weighted by molar-refractivity contribution is -0.135. The highest BCUT2D eigenvalue weighted by Crippen LogP contribution is 2.29. The molecule has 1 aromatic heterocycles. The molecule has 3 rings (SSSR count). The molecule has 0 amide bonds. The van der Waals surface area contributed by atoms with Gasteiger partial charge in [0.15, 0.2) is 0 Å². The van der Waals surface area contributed by atoms with Gasteiger partial charge in [-0.05, 0) is 50.1 Å². The molecule has 1 atom stereocenters. The summed E-state index contributed by atoms with van der Waals surface area (Å²) in [5, 5.41) is 14.0. The largest absolute Gasteiger partial charge is 0.459 e. The summed E-state index contributed by atoms with van der Waals surface area (Å²) < 4.78 is 11.2. The van der Waals surface area contributed by atoms with E-state index < -0.39 is 0 Å². The maximum Gasteiger partial charge on any atom is 0.134 e. The first kappa shape index (κ1) is 14.6. The number of benzene rings is 1. The van der Waals surface area contributed by atoms with E-state index in [4.69, 9.17) is 9.15 Å². The summed E-state index contributed by atoms with van der Waals surface area (Å²) in [6.45, 7) is 8.45. The molecule has 2 aromatic rings. The van der Waals surface area contributed by atoms with Crippen molar-refractivity contribution in [2.45, 2.75) is 26.8 Å². The molecule has 1 aliphatic heterocycles. The molecule has 0 aliphatic carbocycles. The Balaban J connectivity index is 1.73. The molecule has 4 nitrogen and oxygen atoms in total. The third-order valence-electron chi connectivity index (χ3n) is 4.51. The van der Waals surface area contributed by atoms with Gasteiger partial charge in [0.2, 0.25) is 0 Å². The summed E-state index contributed by atoms with van der Waals surface area (Å²) in [5.41, 5.74) is 3.34. The van der Waals surface area contributed by atoms with Crippen LogP contribution in [0.5, 0.6) is 0 Å². The van der Waals surface area contributed by atoms with Gasteiger partial charge < -0.3 is 19.6 Å². The van der Waals surface area contributed by atoms with Crippen LogP contribution in [-0.2, 0) is 4.74 Å². The molecule has 0 spiro atoms. The Kier molecular flexibility index (Phi) is 3.78. The van der Waals surface area contributed by atoms with Crippen molar-refractivity contribution in [3.05, 3.63) is 35.1 Å². The monoisotopic (exact) mass is 289 g/mol. The predicted octanol–water partition coefficient (Wildman–Crippen LogP) is 2.71. The molecule has 0 radical (unpaired) electrons. The van der Waals surface area contributed by atoms with Gasteiger partial charge in [0.05, 0.1) is 31.3 Å². The third kappa shape index (κ3) is 2.71. The maximum absolute atomic E-state index is 9.45. The maximum atomic E-state index is 9.45. The fourth-order valence-corrected chi connectivity index (χ4v) is 2.65. The number of furan rings is 1. The van der Waals surface area contributed by atoms with Crippen LogP contribution in [0.4, 0.5) is 0 Å². The van der Waals surface area contributed by atoms with E-state index in [0.717, 1.165) is 23.3 Å². The van der Waals surface area contributed by atoms with Crippen LogP contribution in [0.1, 0.15) is 29.9 Å². The first-order chi connectivity index (χ1) is 10.0. The highest BCUT2D eigenvalue weighted by atomic mass is 16.5. The standard InChI is InChI=1S/C17H23NO3/c1-11-4-14-6-15(21-16(14)5-12(11)2)13(3)18-7-17(8-19)9-20-10-17/h4-6,13,18-19H,7-10H2,1-3H3. The number of ether oxygens (including phenoxy) is 1. The topological polar surface area (TPSA) is 54.6 Å². The Morgan fingerprint density at radius 1 is 1.24 bits per heavy atom. The predicted molar refractivity (Wildman–Crippen MR) is 82.4 cm³/mol. The zero-order chi connectivity index (χ0) is 15.0. The van der Waals surface area contributed by atoms with E-state index in [2.05, 4.69) is 44.3 Å². The van der Waals surface area contributed by atoms with Crippen molar-refractivity contribution >= 4 is 11.0 Å². The second-order valence-electron chi connectivity index (χ2n) is 6.38. The average Bonchev–Trinajstić information content (AvgIpc) is 2.81. The number of aliphatic hydroxyl groups excluding tert-OH is 1. The lowest BCUT2D eigenvalue weighted by atomic mass is 9.87. The molecule has 4 heteroatoms. The molecule has 114 valence electrons. The van der Waals surface area contributed by atoms with E-state index in [9.17, 15) is 5.11 Å². The number of hydrogen-bond acceptors (Lipinski definition) is 4. The smallest absolute Gasteiger partial charge is 0.134 e. The van der Waals surface area contributed by atoms with E-state index >= 15 is 0 Å². The van der Waals surface area contributed by atoms with Gasteiger partial charge in [-0.3, -0.25) is 0 Å². The average molecular weight is 289 g/mol. The summed E-state index contributed by atoms with van der Waals surface area (Å²) in [4.78, 5) is 0. The van der Waals surface area contributed by atoms with E-state index in [0.29, 0.717) is 13.2 Å². The van der Waals surface area contributed by atoms with Crippen LogP contribution < -0.4 is 5.32 Å². The number of fused-ring (bicyclic) bond motifs is 1. The Bertz CT molecular complexity index is 598. The number of hydrogen-bond donors (Lipinski definition) is 2. The quantitative estimate of drug-likeness (QED) is 0.888. The van der Waals surface area contributed by atoms with Crippen LogP contribution in [0.25, 0.3) is 11.0 Å². The molecule has 1 aromatic carbocycles. The molecule has 1 saturated heterocycles. The van der Waals surface area contributed by atoms with Crippen molar-refractivity contribution in [2.75, 3.05) is 26.4 Å². The van der Waals surface area contributed by atoms with E-state index in [-0.39, 0.29) is 18.1 Å². The fraction of sp³-hybridized carbons (Fsp3) is 0.529. The van der Waals surface area contributed by atoms with Crippen molar-refractivity contribution in [1.29, 1.82) is 0 Å². The second-order valence-corrected chi connectivity index (χ2v) is 6.38. The van der Waals surface area contributed by atoms with Crippen molar-refractivity contribution in [3.8, 4) is 0 Å². The minimum Gasteiger partial charge on any atom is -0.459 e. The van der Waals surface area contributed by atoms with E-state index in [1.807, 2.05) is 0 Å². The summed E-state index contributed by atoms with van der Waals surface area (Å²) in [7, 11) is 0. The van der Waals surface area contributed by atoms with E-state index in [1.165, 1.54) is 11.1 Å². The summed E-state index contributed by atoms with van der Waals surface area (Å²) >= 11 is 0. The number of rotatable bonds is 5. The number of aliphatic hydroxyl groups is 1. The minimum absolute atomic E-state index is 0.113. The van der Waals surface area contributed by atoms with Crippen LogP contribution in [-0.4, -0.2) is 31.5 Å². The van der Waals surface area contributed by atoms with Gasteiger partial charge in [0.25, 0.3) is 0 Å². The summed E-state index contributed by atoms with van der Waals surface area (Å²) in [6, 6.07) is 6.47. The number of aryl methyl sites for hydroxylation is 2. The third-order valence-corrected chi connectivity index (χ3v) is 4.51.